The van der Waals surface area contributed by atoms with Gasteiger partial charge in [0.1, 0.15) is 28.0 Å². The number of hydrogen-bond donors (Lipinski definition) is 0. The number of para-hydroxylation sites is 1. The molecule has 10 rings (SSSR count). The maximum atomic E-state index is 6.44. The average Bonchev–Trinajstić information content (AvgIpc) is 3.76. The molecule has 0 spiro atoms. The first-order valence-corrected chi connectivity index (χ1v) is 16.3. The van der Waals surface area contributed by atoms with Crippen molar-refractivity contribution in [2.24, 2.45) is 0 Å². The summed E-state index contributed by atoms with van der Waals surface area (Å²) in [4.78, 5) is 24.7. The van der Waals surface area contributed by atoms with E-state index in [1.54, 1.807) is 0 Å². The summed E-state index contributed by atoms with van der Waals surface area (Å²) >= 11 is 0. The van der Waals surface area contributed by atoms with Gasteiger partial charge in [-0.15, -0.1) is 0 Å². The summed E-state index contributed by atoms with van der Waals surface area (Å²) in [6.07, 6.45) is 0. The quantitative estimate of drug-likeness (QED) is 0.184. The van der Waals surface area contributed by atoms with Gasteiger partial charge in [-0.25, -0.2) is 24.9 Å². The maximum absolute atomic E-state index is 6.44. The van der Waals surface area contributed by atoms with Crippen molar-refractivity contribution in [2.75, 3.05) is 0 Å². The van der Waals surface area contributed by atoms with Gasteiger partial charge >= 0.3 is 0 Å². The minimum Gasteiger partial charge on any atom is -0.456 e. The lowest BCUT2D eigenvalue weighted by Gasteiger charge is -2.08. The van der Waals surface area contributed by atoms with Crippen LogP contribution in [0.15, 0.2) is 160 Å². The van der Waals surface area contributed by atoms with Gasteiger partial charge in [-0.2, -0.15) is 0 Å². The molecule has 0 amide bonds. The van der Waals surface area contributed by atoms with E-state index in [1.807, 2.05) is 140 Å². The molecule has 0 aliphatic carbocycles. The van der Waals surface area contributed by atoms with Crippen molar-refractivity contribution in [3.63, 3.8) is 0 Å². The van der Waals surface area contributed by atoms with Gasteiger partial charge in [-0.1, -0.05) is 109 Å². The van der Waals surface area contributed by atoms with Crippen molar-refractivity contribution in [3.8, 4) is 56.8 Å². The van der Waals surface area contributed by atoms with Crippen LogP contribution in [0.25, 0.3) is 101 Å². The molecule has 234 valence electrons. The summed E-state index contributed by atoms with van der Waals surface area (Å²) in [7, 11) is 0. The highest BCUT2D eigenvalue weighted by molar-refractivity contribution is 6.10. The normalized spacial score (nSPS) is 11.6. The maximum Gasteiger partial charge on any atom is 0.180 e. The third kappa shape index (κ3) is 4.71. The van der Waals surface area contributed by atoms with Crippen molar-refractivity contribution < 1.29 is 8.83 Å². The lowest BCUT2D eigenvalue weighted by Crippen LogP contribution is -2.00. The Bertz CT molecular complexity index is 2810. The molecule has 0 N–H and O–H groups in total. The monoisotopic (exact) mass is 643 g/mol. The van der Waals surface area contributed by atoms with Crippen molar-refractivity contribution in [1.29, 1.82) is 0 Å². The Labute approximate surface area is 285 Å². The summed E-state index contributed by atoms with van der Waals surface area (Å²) < 4.78 is 12.8. The van der Waals surface area contributed by atoms with Crippen molar-refractivity contribution >= 4 is 44.0 Å². The molecule has 0 saturated carbocycles. The van der Waals surface area contributed by atoms with E-state index in [9.17, 15) is 0 Å². The molecule has 0 unspecified atom stereocenters. The highest BCUT2D eigenvalue weighted by Crippen LogP contribution is 2.39. The van der Waals surface area contributed by atoms with E-state index >= 15 is 0 Å². The molecule has 50 heavy (non-hydrogen) atoms. The van der Waals surface area contributed by atoms with Gasteiger partial charge in [-0.3, -0.25) is 0 Å². The van der Waals surface area contributed by atoms with Crippen LogP contribution in [-0.2, 0) is 0 Å². The molecule has 0 radical (unpaired) electrons. The Morgan fingerprint density at radius 1 is 0.320 bits per heavy atom. The molecule has 0 fully saturated rings. The minimum absolute atomic E-state index is 0.572. The van der Waals surface area contributed by atoms with Gasteiger partial charge in [0.15, 0.2) is 28.9 Å². The first-order valence-electron chi connectivity index (χ1n) is 16.3. The van der Waals surface area contributed by atoms with Crippen LogP contribution in [0, 0.1) is 0 Å². The number of hydrogen-bond acceptors (Lipinski definition) is 7. The van der Waals surface area contributed by atoms with Gasteiger partial charge in [0, 0.05) is 44.0 Å². The lowest BCUT2D eigenvalue weighted by molar-refractivity contribution is 0.666. The highest BCUT2D eigenvalue weighted by atomic mass is 16.3. The van der Waals surface area contributed by atoms with Crippen molar-refractivity contribution in [1.82, 2.24) is 24.9 Å². The fourth-order valence-electron chi connectivity index (χ4n) is 6.50. The third-order valence-electron chi connectivity index (χ3n) is 8.95. The van der Waals surface area contributed by atoms with Crippen LogP contribution in [0.2, 0.25) is 0 Å². The van der Waals surface area contributed by atoms with Gasteiger partial charge in [-0.05, 0) is 42.5 Å². The molecular weight excluding hydrogens is 619 g/mol. The zero-order valence-electron chi connectivity index (χ0n) is 26.5. The van der Waals surface area contributed by atoms with Crippen LogP contribution < -0.4 is 0 Å². The minimum atomic E-state index is 0.572. The third-order valence-corrected chi connectivity index (χ3v) is 8.95. The highest BCUT2D eigenvalue weighted by Gasteiger charge is 2.20. The Kier molecular flexibility index (Phi) is 6.35. The number of fused-ring (bicyclic) bond motifs is 6. The van der Waals surface area contributed by atoms with Gasteiger partial charge in [0.2, 0.25) is 0 Å². The van der Waals surface area contributed by atoms with Gasteiger partial charge < -0.3 is 8.83 Å². The number of benzene rings is 6. The number of nitrogens with zero attached hydrogens (tertiary/aromatic N) is 5. The molecular formula is C43H25N5O2. The van der Waals surface area contributed by atoms with Crippen LogP contribution in [0.4, 0.5) is 0 Å². The molecule has 0 bridgehead atoms. The molecule has 7 nitrogen and oxygen atoms in total. The SMILES string of the molecule is c1ccc(-c2nc(-c3ccccc3)nc(-c3ccc4c(c3)oc3ccc(-c5nc(-c6ccccc6)nc6c5oc5ccccc56)cc34)n2)cc1. The largest absolute Gasteiger partial charge is 0.456 e. The predicted molar refractivity (Wildman–Crippen MR) is 197 cm³/mol. The van der Waals surface area contributed by atoms with E-state index in [1.165, 1.54) is 0 Å². The summed E-state index contributed by atoms with van der Waals surface area (Å²) in [6, 6.07) is 50.2. The second-order valence-electron chi connectivity index (χ2n) is 12.1. The lowest BCUT2D eigenvalue weighted by atomic mass is 10.0. The van der Waals surface area contributed by atoms with E-state index in [0.29, 0.717) is 28.9 Å². The molecule has 10 aromatic rings. The smallest absolute Gasteiger partial charge is 0.180 e. The van der Waals surface area contributed by atoms with Gasteiger partial charge in [0.25, 0.3) is 0 Å². The zero-order chi connectivity index (χ0) is 33.0. The van der Waals surface area contributed by atoms with Crippen molar-refractivity contribution in [2.45, 2.75) is 0 Å². The number of aromatic nitrogens is 5. The first kappa shape index (κ1) is 28.1. The van der Waals surface area contributed by atoms with E-state index < -0.39 is 0 Å². The van der Waals surface area contributed by atoms with Crippen LogP contribution in [0.1, 0.15) is 0 Å². The second kappa shape index (κ2) is 11.3. The molecule has 7 heteroatoms. The summed E-state index contributed by atoms with van der Waals surface area (Å²) in [6.45, 7) is 0. The molecule has 0 aliphatic rings. The Balaban J connectivity index is 1.12. The van der Waals surface area contributed by atoms with E-state index in [4.69, 9.17) is 33.8 Å². The van der Waals surface area contributed by atoms with Crippen LogP contribution in [0.5, 0.6) is 0 Å². The van der Waals surface area contributed by atoms with Crippen LogP contribution in [-0.4, -0.2) is 24.9 Å². The second-order valence-corrected chi connectivity index (χ2v) is 12.1. The molecule has 6 aromatic carbocycles. The summed E-state index contributed by atoms with van der Waals surface area (Å²) in [5.41, 5.74) is 8.96. The van der Waals surface area contributed by atoms with Crippen molar-refractivity contribution in [3.05, 3.63) is 152 Å². The number of rotatable bonds is 5. The number of furan rings is 2. The summed E-state index contributed by atoms with van der Waals surface area (Å²) in [5, 5.41) is 2.90. The molecule has 0 saturated heterocycles. The Hall–Kier alpha value is -6.99. The fraction of sp³-hybridized carbons (Fsp3) is 0. The average molecular weight is 644 g/mol. The van der Waals surface area contributed by atoms with E-state index in [2.05, 4.69) is 12.1 Å². The molecule has 0 atom stereocenters. The molecule has 4 heterocycles. The van der Waals surface area contributed by atoms with Gasteiger partial charge in [0.05, 0.1) is 0 Å². The van der Waals surface area contributed by atoms with E-state index in [0.717, 1.165) is 71.9 Å². The zero-order valence-corrected chi connectivity index (χ0v) is 26.5. The predicted octanol–water partition coefficient (Wildman–Crippen LogP) is 10.8. The van der Waals surface area contributed by atoms with Crippen LogP contribution >= 0.6 is 0 Å². The molecule has 4 aromatic heterocycles. The Morgan fingerprint density at radius 2 is 0.860 bits per heavy atom. The molecule has 0 aliphatic heterocycles. The Morgan fingerprint density at radius 3 is 1.52 bits per heavy atom. The van der Waals surface area contributed by atoms with E-state index in [-0.39, 0.29) is 0 Å². The fourth-order valence-corrected chi connectivity index (χ4v) is 6.50. The summed E-state index contributed by atoms with van der Waals surface area (Å²) in [5.74, 6) is 2.44. The standard InChI is InChI=1S/C43H25N5O2/c1-4-12-26(13-5-1)40-44-37(39-38(45-40)32-18-10-11-19-34(32)50-39)29-21-23-35-33(24-29)31-22-20-30(25-36(31)49-35)43-47-41(27-14-6-2-7-15-27)46-42(48-43)28-16-8-3-9-17-28/h1-25H. The topological polar surface area (TPSA) is 90.7 Å². The van der Waals surface area contributed by atoms with Crippen LogP contribution in [0.3, 0.4) is 0 Å². The first-order chi connectivity index (χ1) is 24.7.